The summed E-state index contributed by atoms with van der Waals surface area (Å²) in [7, 11) is 1.25. The Balaban J connectivity index is 2.12. The van der Waals surface area contributed by atoms with Gasteiger partial charge in [0.05, 0.1) is 13.4 Å². The third-order valence-corrected chi connectivity index (χ3v) is 4.54. The highest BCUT2D eigenvalue weighted by Gasteiger charge is 2.29. The van der Waals surface area contributed by atoms with Crippen LogP contribution in [-0.4, -0.2) is 52.7 Å². The van der Waals surface area contributed by atoms with Gasteiger partial charge in [-0.2, -0.15) is 11.3 Å². The fraction of sp³-hybridized carbons (Fsp3) is 0.474. The predicted molar refractivity (Wildman–Crippen MR) is 107 cm³/mol. The lowest BCUT2D eigenvalue weighted by Gasteiger charge is -2.24. The Kier molecular flexibility index (Phi) is 7.77. The van der Waals surface area contributed by atoms with Crippen molar-refractivity contribution in [1.29, 1.82) is 0 Å². The standard InChI is InChI=1S/C19H26N4O5S/c1-19(2,3)28-18(26)23-14(7-12-5-6-29-10-12)16(24)22-15(17(25)27-4)8-13-9-20-11-21-13/h5-6,9-11,14-15H,7-8H2,1-4H3,(H,20,21)(H,22,24)(H,23,26)/t14-,15-/m0/s1. The summed E-state index contributed by atoms with van der Waals surface area (Å²) in [6.07, 6.45) is 2.76. The van der Waals surface area contributed by atoms with Crippen molar-refractivity contribution in [3.8, 4) is 0 Å². The van der Waals surface area contributed by atoms with Crippen molar-refractivity contribution < 1.29 is 23.9 Å². The lowest BCUT2D eigenvalue weighted by Crippen LogP contribution is -2.53. The molecular formula is C19H26N4O5S. The van der Waals surface area contributed by atoms with Gasteiger partial charge in [0.1, 0.15) is 17.7 Å². The molecule has 2 aromatic rings. The van der Waals surface area contributed by atoms with Gasteiger partial charge in [-0.25, -0.2) is 14.6 Å². The highest BCUT2D eigenvalue weighted by molar-refractivity contribution is 7.07. The van der Waals surface area contributed by atoms with Gasteiger partial charge in [-0.3, -0.25) is 4.79 Å². The number of thiophene rings is 1. The van der Waals surface area contributed by atoms with Gasteiger partial charge in [-0.15, -0.1) is 0 Å². The minimum absolute atomic E-state index is 0.177. The molecule has 0 saturated carbocycles. The van der Waals surface area contributed by atoms with Crippen LogP contribution in [0.15, 0.2) is 29.4 Å². The van der Waals surface area contributed by atoms with Gasteiger partial charge < -0.3 is 25.1 Å². The van der Waals surface area contributed by atoms with E-state index >= 15 is 0 Å². The number of alkyl carbamates (subject to hydrolysis) is 1. The summed E-state index contributed by atoms with van der Waals surface area (Å²) >= 11 is 1.49. The topological polar surface area (TPSA) is 122 Å². The summed E-state index contributed by atoms with van der Waals surface area (Å²) in [5.41, 5.74) is 0.840. The van der Waals surface area contributed by atoms with Crippen LogP contribution in [0.4, 0.5) is 4.79 Å². The quantitative estimate of drug-likeness (QED) is 0.558. The second-order valence-electron chi connectivity index (χ2n) is 7.40. The molecule has 10 heteroatoms. The number of amides is 2. The van der Waals surface area contributed by atoms with E-state index < -0.39 is 35.7 Å². The van der Waals surface area contributed by atoms with Crippen LogP contribution >= 0.6 is 11.3 Å². The normalized spacial score (nSPS) is 13.2. The Morgan fingerprint density at radius 1 is 1.21 bits per heavy atom. The fourth-order valence-electron chi connectivity index (χ4n) is 2.53. The van der Waals surface area contributed by atoms with Crippen molar-refractivity contribution in [3.05, 3.63) is 40.6 Å². The van der Waals surface area contributed by atoms with Gasteiger partial charge in [0.25, 0.3) is 0 Å². The molecule has 2 aromatic heterocycles. The molecule has 2 amide bonds. The van der Waals surface area contributed by atoms with Gasteiger partial charge >= 0.3 is 12.1 Å². The number of nitrogens with zero attached hydrogens (tertiary/aromatic N) is 1. The van der Waals surface area contributed by atoms with E-state index in [0.717, 1.165) is 5.56 Å². The largest absolute Gasteiger partial charge is 0.467 e. The van der Waals surface area contributed by atoms with E-state index in [9.17, 15) is 14.4 Å². The van der Waals surface area contributed by atoms with Gasteiger partial charge in [-0.05, 0) is 43.2 Å². The Morgan fingerprint density at radius 2 is 1.97 bits per heavy atom. The monoisotopic (exact) mass is 422 g/mol. The molecule has 0 aliphatic heterocycles. The van der Waals surface area contributed by atoms with Gasteiger partial charge in [0, 0.05) is 24.7 Å². The number of carbonyl (C=O) groups is 3. The van der Waals surface area contributed by atoms with Crippen molar-refractivity contribution in [2.24, 2.45) is 0 Å². The van der Waals surface area contributed by atoms with Gasteiger partial charge in [-0.1, -0.05) is 0 Å². The Hall–Kier alpha value is -2.88. The number of ether oxygens (including phenoxy) is 2. The summed E-state index contributed by atoms with van der Waals surface area (Å²) in [5, 5.41) is 9.02. The molecule has 0 radical (unpaired) electrons. The zero-order chi connectivity index (χ0) is 21.4. The summed E-state index contributed by atoms with van der Waals surface area (Å²) in [6.45, 7) is 5.20. The molecule has 2 atom stereocenters. The maximum absolute atomic E-state index is 12.9. The van der Waals surface area contributed by atoms with Crippen LogP contribution in [0.3, 0.4) is 0 Å². The maximum Gasteiger partial charge on any atom is 0.408 e. The van der Waals surface area contributed by atoms with Crippen LogP contribution in [-0.2, 0) is 31.9 Å². The third-order valence-electron chi connectivity index (χ3n) is 3.81. The van der Waals surface area contributed by atoms with E-state index in [-0.39, 0.29) is 12.8 Å². The lowest BCUT2D eigenvalue weighted by atomic mass is 10.1. The van der Waals surface area contributed by atoms with E-state index in [4.69, 9.17) is 9.47 Å². The summed E-state index contributed by atoms with van der Waals surface area (Å²) in [4.78, 5) is 44.1. The predicted octanol–water partition coefficient (Wildman–Crippen LogP) is 1.81. The fourth-order valence-corrected chi connectivity index (χ4v) is 3.21. The Morgan fingerprint density at radius 3 is 2.52 bits per heavy atom. The molecule has 0 fully saturated rings. The first-order valence-electron chi connectivity index (χ1n) is 9.04. The maximum atomic E-state index is 12.9. The van der Waals surface area contributed by atoms with E-state index in [1.54, 1.807) is 27.0 Å². The number of rotatable bonds is 8. The highest BCUT2D eigenvalue weighted by atomic mass is 32.1. The first-order valence-corrected chi connectivity index (χ1v) is 9.98. The van der Waals surface area contributed by atoms with E-state index in [2.05, 4.69) is 20.6 Å². The van der Waals surface area contributed by atoms with Gasteiger partial charge in [0.15, 0.2) is 0 Å². The van der Waals surface area contributed by atoms with Crippen molar-refractivity contribution in [2.75, 3.05) is 7.11 Å². The molecule has 0 unspecified atom stereocenters. The van der Waals surface area contributed by atoms with Crippen molar-refractivity contribution in [3.63, 3.8) is 0 Å². The zero-order valence-corrected chi connectivity index (χ0v) is 17.7. The summed E-state index contributed by atoms with van der Waals surface area (Å²) in [6, 6.07) is 0.0103. The van der Waals surface area contributed by atoms with Crippen LogP contribution in [0.5, 0.6) is 0 Å². The van der Waals surface area contributed by atoms with Crippen LogP contribution < -0.4 is 10.6 Å². The first-order chi connectivity index (χ1) is 13.7. The number of H-pyrrole nitrogens is 1. The molecule has 0 saturated heterocycles. The lowest BCUT2D eigenvalue weighted by molar-refractivity contribution is -0.145. The molecule has 0 aromatic carbocycles. The summed E-state index contributed by atoms with van der Waals surface area (Å²) < 4.78 is 10.1. The van der Waals surface area contributed by atoms with Crippen LogP contribution in [0, 0.1) is 0 Å². The number of carbonyl (C=O) groups excluding carboxylic acids is 3. The number of methoxy groups -OCH3 is 1. The molecule has 0 aliphatic rings. The van der Waals surface area contributed by atoms with Crippen LogP contribution in [0.25, 0.3) is 0 Å². The average Bonchev–Trinajstić information content (AvgIpc) is 3.32. The molecule has 3 N–H and O–H groups in total. The number of aromatic amines is 1. The molecule has 0 aliphatic carbocycles. The minimum Gasteiger partial charge on any atom is -0.467 e. The van der Waals surface area contributed by atoms with E-state index in [1.165, 1.54) is 24.8 Å². The second-order valence-corrected chi connectivity index (χ2v) is 8.18. The second kappa shape index (κ2) is 10.1. The van der Waals surface area contributed by atoms with Crippen LogP contribution in [0.2, 0.25) is 0 Å². The molecule has 9 nitrogen and oxygen atoms in total. The number of hydrogen-bond acceptors (Lipinski definition) is 7. The van der Waals surface area contributed by atoms with Crippen molar-refractivity contribution in [2.45, 2.75) is 51.3 Å². The third kappa shape index (κ3) is 7.57. The molecule has 2 rings (SSSR count). The Bertz CT molecular complexity index is 799. The molecule has 29 heavy (non-hydrogen) atoms. The molecule has 158 valence electrons. The highest BCUT2D eigenvalue weighted by Crippen LogP contribution is 2.11. The SMILES string of the molecule is COC(=O)[C@H](Cc1cnc[nH]1)NC(=O)[C@H](Cc1ccsc1)NC(=O)OC(C)(C)C. The zero-order valence-electron chi connectivity index (χ0n) is 16.9. The number of esters is 1. The van der Waals surface area contributed by atoms with Crippen molar-refractivity contribution >= 4 is 29.3 Å². The minimum atomic E-state index is -0.932. The van der Waals surface area contributed by atoms with Gasteiger partial charge in [0.2, 0.25) is 5.91 Å². The molecular weight excluding hydrogens is 396 g/mol. The number of aromatic nitrogens is 2. The van der Waals surface area contributed by atoms with E-state index in [0.29, 0.717) is 5.69 Å². The number of hydrogen-bond donors (Lipinski definition) is 3. The number of imidazole rings is 1. The molecule has 0 spiro atoms. The number of nitrogens with one attached hydrogen (secondary N) is 3. The molecule has 2 heterocycles. The first kappa shape index (κ1) is 22.4. The summed E-state index contributed by atoms with van der Waals surface area (Å²) in [5.74, 6) is -1.11. The van der Waals surface area contributed by atoms with Crippen molar-refractivity contribution in [1.82, 2.24) is 20.6 Å². The average molecular weight is 423 g/mol. The van der Waals surface area contributed by atoms with E-state index in [1.807, 2.05) is 16.8 Å². The smallest absolute Gasteiger partial charge is 0.408 e. The van der Waals surface area contributed by atoms with Crippen LogP contribution in [0.1, 0.15) is 32.0 Å². The Labute approximate surface area is 173 Å². The molecule has 0 bridgehead atoms.